The van der Waals surface area contributed by atoms with Gasteiger partial charge in [0.15, 0.2) is 6.10 Å². The molecule has 0 radical (unpaired) electrons. The Hall–Kier alpha value is -5.23. The Morgan fingerprint density at radius 2 is 0.506 bits per heavy atom. The van der Waals surface area contributed by atoms with Crippen LogP contribution in [0.3, 0.4) is 0 Å². The first-order valence-corrected chi connectivity index (χ1v) is 31.6. The summed E-state index contributed by atoms with van der Waals surface area (Å²) in [6.45, 7) is 6.19. The minimum absolute atomic E-state index is 0.116. The fourth-order valence-electron chi connectivity index (χ4n) is 8.12. The van der Waals surface area contributed by atoms with Gasteiger partial charge in [0.1, 0.15) is 13.2 Å². The molecule has 0 heterocycles. The van der Waals surface area contributed by atoms with Gasteiger partial charge in [0.2, 0.25) is 0 Å². The number of rotatable bonds is 55. The van der Waals surface area contributed by atoms with Gasteiger partial charge in [-0.05, 0) is 128 Å². The number of esters is 3. The molecule has 0 fully saturated rings. The van der Waals surface area contributed by atoms with E-state index in [1.165, 1.54) is 64.2 Å². The first-order valence-electron chi connectivity index (χ1n) is 31.6. The van der Waals surface area contributed by atoms with Crippen molar-refractivity contribution >= 4 is 17.9 Å². The van der Waals surface area contributed by atoms with Gasteiger partial charge in [0.05, 0.1) is 6.42 Å². The molecule has 442 valence electrons. The predicted molar refractivity (Wildman–Crippen MR) is 343 cm³/mol. The third-order valence-electron chi connectivity index (χ3n) is 12.7. The Kier molecular flexibility index (Phi) is 61.0. The maximum atomic E-state index is 12.9. The largest absolute Gasteiger partial charge is 0.462 e. The van der Waals surface area contributed by atoms with Crippen LogP contribution in [0.2, 0.25) is 0 Å². The van der Waals surface area contributed by atoms with Crippen molar-refractivity contribution in [3.05, 3.63) is 170 Å². The van der Waals surface area contributed by atoms with Crippen LogP contribution < -0.4 is 0 Å². The van der Waals surface area contributed by atoms with Crippen LogP contribution in [0.5, 0.6) is 0 Å². The van der Waals surface area contributed by atoms with E-state index < -0.39 is 12.1 Å². The van der Waals surface area contributed by atoms with Crippen LogP contribution >= 0.6 is 0 Å². The van der Waals surface area contributed by atoms with Gasteiger partial charge >= 0.3 is 17.9 Å². The van der Waals surface area contributed by atoms with Crippen molar-refractivity contribution in [1.82, 2.24) is 0 Å². The summed E-state index contributed by atoms with van der Waals surface area (Å²) >= 11 is 0. The number of allylic oxidation sites excluding steroid dienone is 27. The molecule has 0 aliphatic rings. The lowest BCUT2D eigenvalue weighted by atomic mass is 10.1. The molecule has 0 rings (SSSR count). The molecule has 1 unspecified atom stereocenters. The monoisotopic (exact) mass is 1090 g/mol. The van der Waals surface area contributed by atoms with Crippen LogP contribution in [-0.4, -0.2) is 37.2 Å². The summed E-state index contributed by atoms with van der Waals surface area (Å²) in [6.07, 6.45) is 96.7. The minimum atomic E-state index is -0.835. The number of carbonyl (C=O) groups is 3. The van der Waals surface area contributed by atoms with E-state index in [1.807, 2.05) is 6.08 Å². The zero-order chi connectivity index (χ0) is 57.1. The van der Waals surface area contributed by atoms with E-state index in [2.05, 4.69) is 179 Å². The van der Waals surface area contributed by atoms with Crippen LogP contribution in [0.25, 0.3) is 0 Å². The van der Waals surface area contributed by atoms with E-state index in [0.717, 1.165) is 148 Å². The molecule has 6 nitrogen and oxygen atoms in total. The highest BCUT2D eigenvalue weighted by molar-refractivity contribution is 5.72. The molecule has 0 aromatic rings. The smallest absolute Gasteiger partial charge is 0.309 e. The molecule has 1 atom stereocenters. The van der Waals surface area contributed by atoms with Crippen LogP contribution in [0, 0.1) is 0 Å². The Balaban J connectivity index is 4.42. The zero-order valence-corrected chi connectivity index (χ0v) is 50.6. The molecule has 0 N–H and O–H groups in total. The van der Waals surface area contributed by atoms with E-state index in [9.17, 15) is 14.4 Å². The summed E-state index contributed by atoms with van der Waals surface area (Å²) in [7, 11) is 0. The molecule has 0 saturated heterocycles. The summed E-state index contributed by atoms with van der Waals surface area (Å²) in [4.78, 5) is 38.2. The molecule has 0 saturated carbocycles. The van der Waals surface area contributed by atoms with E-state index in [4.69, 9.17) is 14.2 Å². The molecule has 79 heavy (non-hydrogen) atoms. The molecule has 0 aromatic carbocycles. The molecule has 0 aromatic heterocycles. The lowest BCUT2D eigenvalue weighted by Gasteiger charge is -2.18. The molecule has 0 aliphatic carbocycles. The number of carbonyl (C=O) groups excluding carboxylic acids is 3. The zero-order valence-electron chi connectivity index (χ0n) is 50.6. The summed E-state index contributed by atoms with van der Waals surface area (Å²) in [5, 5.41) is 0. The number of hydrogen-bond donors (Lipinski definition) is 0. The molecular formula is C73H114O6. The van der Waals surface area contributed by atoms with Crippen molar-refractivity contribution in [1.29, 1.82) is 0 Å². The summed E-state index contributed by atoms with van der Waals surface area (Å²) in [5.41, 5.74) is 0. The maximum Gasteiger partial charge on any atom is 0.309 e. The predicted octanol–water partition coefficient (Wildman–Crippen LogP) is 21.9. The minimum Gasteiger partial charge on any atom is -0.462 e. The topological polar surface area (TPSA) is 78.9 Å². The summed E-state index contributed by atoms with van der Waals surface area (Å²) < 4.78 is 16.8. The fraction of sp³-hybridized carbons (Fsp3) is 0.575. The standard InChI is InChI=1S/C73H114O6/c1-4-7-10-13-16-19-22-25-28-30-31-32-33-34-35-36-37-38-39-40-41-43-45-48-51-54-57-60-63-66-72(75)78-69-70(68-77-71(74)65-62-59-56-53-50-47-44-27-24-21-18-15-12-9-6-3)79-73(76)67-64-61-58-55-52-49-46-42-29-26-23-20-17-14-11-8-5-2/h7-12,16-21,25-29,31-32,34-35,37-38,44,50,53,59,62,70H,4-6,13-15,22-24,30,33,36,39-43,45-49,51-52,54-58,60-61,63-69H2,1-3H3/b10-7-,11-8-,12-9-,19-16-,20-17-,21-18-,28-25-,29-26-,32-31-,35-34-,38-37-,44-27-,53-50-,62-59-. The van der Waals surface area contributed by atoms with Gasteiger partial charge in [-0.25, -0.2) is 0 Å². The van der Waals surface area contributed by atoms with Gasteiger partial charge in [-0.1, -0.05) is 274 Å². The molecular weight excluding hydrogens is 973 g/mol. The van der Waals surface area contributed by atoms with E-state index in [-0.39, 0.29) is 38.0 Å². The van der Waals surface area contributed by atoms with Gasteiger partial charge < -0.3 is 14.2 Å². The van der Waals surface area contributed by atoms with Crippen LogP contribution in [0.15, 0.2) is 170 Å². The average molecular weight is 1090 g/mol. The highest BCUT2D eigenvalue weighted by Gasteiger charge is 2.19. The van der Waals surface area contributed by atoms with Crippen molar-refractivity contribution in [3.63, 3.8) is 0 Å². The SMILES string of the molecule is CC/C=C\C/C=C\C/C=C\C/C=C\C/C=C\C/C=C\CCCCCCCCCCCCC(=O)OCC(COC(=O)C/C=C\C/C=C\C/C=C\C/C=C\C/C=C\CC)OC(=O)CCCCCCCCC/C=C\C/C=C\C/C=C\CC. The fourth-order valence-corrected chi connectivity index (χ4v) is 8.12. The molecule has 0 aliphatic heterocycles. The Morgan fingerprint density at radius 1 is 0.266 bits per heavy atom. The van der Waals surface area contributed by atoms with E-state index in [1.54, 1.807) is 6.08 Å². The number of hydrogen-bond acceptors (Lipinski definition) is 6. The van der Waals surface area contributed by atoms with Gasteiger partial charge in [-0.3, -0.25) is 14.4 Å². The van der Waals surface area contributed by atoms with Gasteiger partial charge in [0.25, 0.3) is 0 Å². The third kappa shape index (κ3) is 63.5. The highest BCUT2D eigenvalue weighted by Crippen LogP contribution is 2.15. The second kappa shape index (κ2) is 65.3. The van der Waals surface area contributed by atoms with E-state index >= 15 is 0 Å². The van der Waals surface area contributed by atoms with Crippen LogP contribution in [0.4, 0.5) is 0 Å². The number of ether oxygens (including phenoxy) is 3. The van der Waals surface area contributed by atoms with Crippen LogP contribution in [0.1, 0.15) is 252 Å². The van der Waals surface area contributed by atoms with Crippen molar-refractivity contribution in [2.24, 2.45) is 0 Å². The van der Waals surface area contributed by atoms with Crippen molar-refractivity contribution in [3.8, 4) is 0 Å². The van der Waals surface area contributed by atoms with E-state index in [0.29, 0.717) is 6.42 Å². The maximum absolute atomic E-state index is 12.9. The van der Waals surface area contributed by atoms with Gasteiger partial charge in [-0.15, -0.1) is 0 Å². The molecule has 0 bridgehead atoms. The second-order valence-electron chi connectivity index (χ2n) is 20.2. The molecule has 0 spiro atoms. The average Bonchev–Trinajstić information content (AvgIpc) is 3.45. The van der Waals surface area contributed by atoms with Crippen LogP contribution in [-0.2, 0) is 28.6 Å². The first-order chi connectivity index (χ1) is 39.0. The normalized spacial score (nSPS) is 13.3. The third-order valence-corrected chi connectivity index (χ3v) is 12.7. The van der Waals surface area contributed by atoms with Crippen molar-refractivity contribution < 1.29 is 28.6 Å². The Labute approximate surface area is 485 Å². The first kappa shape index (κ1) is 73.8. The quantitative estimate of drug-likeness (QED) is 0.0261. The molecule has 6 heteroatoms. The number of unbranched alkanes of at least 4 members (excludes halogenated alkanes) is 17. The van der Waals surface area contributed by atoms with Crippen molar-refractivity contribution in [2.75, 3.05) is 13.2 Å². The second-order valence-corrected chi connectivity index (χ2v) is 20.2. The molecule has 0 amide bonds. The lowest BCUT2D eigenvalue weighted by molar-refractivity contribution is -0.166. The highest BCUT2D eigenvalue weighted by atomic mass is 16.6. The summed E-state index contributed by atoms with van der Waals surface area (Å²) in [5.74, 6) is -1.07. The van der Waals surface area contributed by atoms with Gasteiger partial charge in [-0.2, -0.15) is 0 Å². The van der Waals surface area contributed by atoms with Gasteiger partial charge in [0, 0.05) is 12.8 Å². The summed E-state index contributed by atoms with van der Waals surface area (Å²) in [6, 6.07) is 0. The van der Waals surface area contributed by atoms with Crippen molar-refractivity contribution in [2.45, 2.75) is 258 Å². The lowest BCUT2D eigenvalue weighted by Crippen LogP contribution is -2.30. The Morgan fingerprint density at radius 3 is 0.823 bits per heavy atom. The Bertz CT molecular complexity index is 1820.